The van der Waals surface area contributed by atoms with E-state index in [-0.39, 0.29) is 10.6 Å². The summed E-state index contributed by atoms with van der Waals surface area (Å²) < 4.78 is 28.4. The lowest BCUT2D eigenvalue weighted by atomic mass is 9.73. The number of carbonyl (C=O) groups is 1. The number of quaternary nitrogens is 1. The Kier molecular flexibility index (Phi) is 7.60. The first kappa shape index (κ1) is 26.7. The number of nitrogens with zero attached hydrogens (tertiary/aromatic N) is 1. The molecule has 0 bridgehead atoms. The van der Waals surface area contributed by atoms with E-state index in [1.165, 1.54) is 0 Å². The van der Waals surface area contributed by atoms with Crippen LogP contribution in [-0.4, -0.2) is 58.2 Å². The fourth-order valence-corrected chi connectivity index (χ4v) is 5.28. The highest BCUT2D eigenvalue weighted by Gasteiger charge is 2.58. The second kappa shape index (κ2) is 9.97. The van der Waals surface area contributed by atoms with Gasteiger partial charge in [0.1, 0.15) is 11.1 Å². The number of hydrogen-bond donors (Lipinski definition) is 0. The first-order chi connectivity index (χ1) is 16.5. The number of fused-ring (bicyclic) bond motifs is 1. The van der Waals surface area contributed by atoms with Gasteiger partial charge >= 0.3 is 6.09 Å². The van der Waals surface area contributed by atoms with Crippen molar-refractivity contribution in [3.8, 4) is 23.0 Å². The molecule has 0 N–H and O–H groups in total. The molecule has 0 fully saturated rings. The van der Waals surface area contributed by atoms with Crippen LogP contribution in [0.2, 0.25) is 0 Å². The van der Waals surface area contributed by atoms with E-state index in [9.17, 15) is 4.79 Å². The highest BCUT2D eigenvalue weighted by Crippen LogP contribution is 2.49. The maximum Gasteiger partial charge on any atom is 0.517 e. The Balaban J connectivity index is 2.26. The highest BCUT2D eigenvalue weighted by atomic mass is 16.6. The maximum absolute atomic E-state index is 13.9. The van der Waals surface area contributed by atoms with E-state index < -0.39 is 11.1 Å². The third-order valence-corrected chi connectivity index (χ3v) is 7.21. The Hall–Kier alpha value is -2.93. The zero-order valence-electron chi connectivity index (χ0n) is 22.6. The molecule has 0 saturated carbocycles. The normalized spacial score (nSPS) is 21.6. The molecule has 192 valence electrons. The zero-order valence-corrected chi connectivity index (χ0v) is 22.6. The summed E-state index contributed by atoms with van der Waals surface area (Å²) in [4.78, 5) is 13.9. The van der Waals surface area contributed by atoms with E-state index in [4.69, 9.17) is 23.7 Å². The molecule has 1 heterocycles. The van der Waals surface area contributed by atoms with Crippen molar-refractivity contribution < 1.29 is 33.0 Å². The molecule has 7 heteroatoms. The average molecular weight is 487 g/mol. The number of likely N-dealkylation sites (N-methyl/N-ethyl adjacent to an activating group) is 1. The molecule has 1 aliphatic rings. The average Bonchev–Trinajstić information content (AvgIpc) is 2.83. The Morgan fingerprint density at radius 2 is 1.49 bits per heavy atom. The van der Waals surface area contributed by atoms with Crippen molar-refractivity contribution in [1.29, 1.82) is 0 Å². The molecule has 0 saturated heterocycles. The monoisotopic (exact) mass is 486 g/mol. The van der Waals surface area contributed by atoms with Gasteiger partial charge in [0, 0.05) is 24.8 Å². The lowest BCUT2D eigenvalue weighted by Gasteiger charge is -2.52. The number of benzene rings is 2. The predicted octanol–water partition coefficient (Wildman–Crippen LogP) is 5.51. The fraction of sp³-hybridized carbons (Fsp3) is 0.536. The van der Waals surface area contributed by atoms with E-state index in [2.05, 4.69) is 6.92 Å². The predicted molar refractivity (Wildman–Crippen MR) is 136 cm³/mol. The minimum Gasteiger partial charge on any atom is -0.493 e. The lowest BCUT2D eigenvalue weighted by molar-refractivity contribution is -0.904. The van der Waals surface area contributed by atoms with Gasteiger partial charge in [-0.25, -0.2) is 4.48 Å². The molecule has 1 aliphatic heterocycles. The van der Waals surface area contributed by atoms with Crippen LogP contribution >= 0.6 is 0 Å². The van der Waals surface area contributed by atoms with Crippen molar-refractivity contribution in [3.63, 3.8) is 0 Å². The summed E-state index contributed by atoms with van der Waals surface area (Å²) in [5.41, 5.74) is 2.07. The molecule has 0 spiro atoms. The van der Waals surface area contributed by atoms with Gasteiger partial charge in [-0.1, -0.05) is 13.0 Å². The van der Waals surface area contributed by atoms with Gasteiger partial charge in [0.2, 0.25) is 0 Å². The van der Waals surface area contributed by atoms with Crippen molar-refractivity contribution in [3.05, 3.63) is 47.0 Å². The minimum atomic E-state index is -0.602. The van der Waals surface area contributed by atoms with Gasteiger partial charge in [-0.2, -0.15) is 4.79 Å². The number of rotatable bonds is 7. The smallest absolute Gasteiger partial charge is 0.493 e. The summed E-state index contributed by atoms with van der Waals surface area (Å²) in [7, 11) is 8.53. The zero-order chi connectivity index (χ0) is 26.0. The Morgan fingerprint density at radius 3 is 2.03 bits per heavy atom. The van der Waals surface area contributed by atoms with Gasteiger partial charge in [-0.05, 0) is 56.2 Å². The van der Waals surface area contributed by atoms with E-state index in [0.717, 1.165) is 23.1 Å². The minimum absolute atomic E-state index is 0.123. The van der Waals surface area contributed by atoms with Crippen molar-refractivity contribution in [1.82, 2.24) is 0 Å². The van der Waals surface area contributed by atoms with Crippen LogP contribution < -0.4 is 18.9 Å². The summed E-state index contributed by atoms with van der Waals surface area (Å²) >= 11 is 0. The van der Waals surface area contributed by atoms with Crippen LogP contribution in [0.15, 0.2) is 30.3 Å². The van der Waals surface area contributed by atoms with Crippen molar-refractivity contribution >= 4 is 6.09 Å². The molecule has 1 amide bonds. The first-order valence-electron chi connectivity index (χ1n) is 12.0. The standard InChI is InChI=1S/C28H40NO6/c1-10-28(18-19-11-12-22(31-6)23(15-19)32-7)21-17-25(34-9)24(33-8)16-20(21)13-14-29(28,5)26(30)35-27(2,3)4/h11-12,15-17H,10,13-14,18H2,1-9H3/q+1. The maximum atomic E-state index is 13.9. The number of hydrogen-bond acceptors (Lipinski definition) is 6. The van der Waals surface area contributed by atoms with Crippen LogP contribution in [0, 0.1) is 0 Å². The van der Waals surface area contributed by atoms with Crippen LogP contribution in [0.25, 0.3) is 0 Å². The van der Waals surface area contributed by atoms with Gasteiger partial charge < -0.3 is 23.7 Å². The SMILES string of the molecule is CCC1(Cc2ccc(OC)c(OC)c2)c2cc(OC)c(OC)cc2CC[N+]1(C)C(=O)OC(C)(C)C. The number of ether oxygens (including phenoxy) is 5. The summed E-state index contributed by atoms with van der Waals surface area (Å²) in [5, 5.41) is 0. The third-order valence-electron chi connectivity index (χ3n) is 7.21. The molecule has 0 radical (unpaired) electrons. The first-order valence-corrected chi connectivity index (χ1v) is 12.0. The molecule has 35 heavy (non-hydrogen) atoms. The number of carbonyl (C=O) groups excluding carboxylic acids is 1. The molecule has 2 aromatic carbocycles. The van der Waals surface area contributed by atoms with Crippen LogP contribution in [0.4, 0.5) is 4.79 Å². The molecular weight excluding hydrogens is 446 g/mol. The van der Waals surface area contributed by atoms with Crippen molar-refractivity contribution in [2.75, 3.05) is 42.0 Å². The second-order valence-corrected chi connectivity index (χ2v) is 10.3. The molecule has 0 aromatic heterocycles. The topological polar surface area (TPSA) is 63.2 Å². The van der Waals surface area contributed by atoms with Gasteiger partial charge in [0.25, 0.3) is 0 Å². The Morgan fingerprint density at radius 1 is 0.914 bits per heavy atom. The van der Waals surface area contributed by atoms with E-state index in [1.807, 2.05) is 58.2 Å². The van der Waals surface area contributed by atoms with Crippen LogP contribution in [-0.2, 0) is 23.1 Å². The fourth-order valence-electron chi connectivity index (χ4n) is 5.28. The summed E-state index contributed by atoms with van der Waals surface area (Å²) in [6.45, 7) is 8.46. The van der Waals surface area contributed by atoms with Gasteiger partial charge in [-0.3, -0.25) is 0 Å². The molecule has 2 aromatic rings. The third kappa shape index (κ3) is 4.79. The summed E-state index contributed by atoms with van der Waals surface area (Å²) in [6, 6.07) is 10.0. The Bertz CT molecular complexity index is 1080. The van der Waals surface area contributed by atoms with Gasteiger partial charge in [0.15, 0.2) is 23.0 Å². The molecule has 3 rings (SSSR count). The molecule has 7 nitrogen and oxygen atoms in total. The van der Waals surface area contributed by atoms with Crippen molar-refractivity contribution in [2.45, 2.75) is 58.1 Å². The van der Waals surface area contributed by atoms with Crippen LogP contribution in [0.5, 0.6) is 23.0 Å². The van der Waals surface area contributed by atoms with E-state index >= 15 is 0 Å². The largest absolute Gasteiger partial charge is 0.517 e. The Labute approximate surface area is 209 Å². The van der Waals surface area contributed by atoms with E-state index in [0.29, 0.717) is 42.4 Å². The number of amides is 1. The molecular formula is C28H40NO6+. The summed E-state index contributed by atoms with van der Waals surface area (Å²) in [6.07, 6.45) is 1.79. The highest BCUT2D eigenvalue weighted by molar-refractivity contribution is 5.63. The summed E-state index contributed by atoms with van der Waals surface area (Å²) in [5.74, 6) is 2.66. The van der Waals surface area contributed by atoms with E-state index in [1.54, 1.807) is 28.4 Å². The molecule has 2 atom stereocenters. The quantitative estimate of drug-likeness (QED) is 0.481. The van der Waals surface area contributed by atoms with Crippen LogP contribution in [0.3, 0.4) is 0 Å². The lowest BCUT2D eigenvalue weighted by Crippen LogP contribution is -2.67. The van der Waals surface area contributed by atoms with Crippen LogP contribution in [0.1, 0.15) is 50.8 Å². The van der Waals surface area contributed by atoms with Gasteiger partial charge in [0.05, 0.1) is 42.0 Å². The molecule has 0 aliphatic carbocycles. The number of methoxy groups -OCH3 is 4. The van der Waals surface area contributed by atoms with Crippen molar-refractivity contribution in [2.24, 2.45) is 0 Å². The second-order valence-electron chi connectivity index (χ2n) is 10.3. The molecule has 2 unspecified atom stereocenters. The van der Waals surface area contributed by atoms with Gasteiger partial charge in [-0.15, -0.1) is 0 Å².